The van der Waals surface area contributed by atoms with Gasteiger partial charge in [-0.15, -0.1) is 5.06 Å². The highest BCUT2D eigenvalue weighted by molar-refractivity contribution is 8.13. The van der Waals surface area contributed by atoms with Crippen LogP contribution in [-0.2, 0) is 9.57 Å². The molecular formula is C46H92N2O4S. The van der Waals surface area contributed by atoms with E-state index in [0.717, 1.165) is 63.0 Å². The Morgan fingerprint density at radius 3 is 1.08 bits per heavy atom. The summed E-state index contributed by atoms with van der Waals surface area (Å²) < 4.78 is 6.25. The lowest BCUT2D eigenvalue weighted by atomic mass is 10.0. The predicted molar refractivity (Wildman–Crippen MR) is 233 cm³/mol. The zero-order valence-corrected chi connectivity index (χ0v) is 37.4. The molecule has 0 aliphatic heterocycles. The second kappa shape index (κ2) is 40.9. The number of carbonyl (C=O) groups excluding carboxylic acids is 2. The molecule has 0 radical (unpaired) electrons. The van der Waals surface area contributed by atoms with Crippen LogP contribution in [0.4, 0.5) is 9.59 Å². The second-order valence-electron chi connectivity index (χ2n) is 16.3. The fraction of sp³-hybridized carbons (Fsp3) is 0.957. The molecule has 0 spiro atoms. The van der Waals surface area contributed by atoms with Gasteiger partial charge in [-0.2, -0.15) is 0 Å². The first kappa shape index (κ1) is 52.2. The summed E-state index contributed by atoms with van der Waals surface area (Å²) in [5, 5.41) is 0.710. The van der Waals surface area contributed by atoms with Crippen LogP contribution in [0.25, 0.3) is 0 Å². The first-order chi connectivity index (χ1) is 25.9. The fourth-order valence-corrected chi connectivity index (χ4v) is 7.92. The lowest BCUT2D eigenvalue weighted by Gasteiger charge is -2.27. The molecule has 0 saturated carbocycles. The average Bonchev–Trinajstić information content (AvgIpc) is 3.14. The Kier molecular flexibility index (Phi) is 40.3. The van der Waals surface area contributed by atoms with E-state index in [1.807, 2.05) is 14.1 Å². The molecule has 2 amide bonds. The van der Waals surface area contributed by atoms with E-state index in [2.05, 4.69) is 32.6 Å². The minimum Gasteiger partial charge on any atom is -0.444 e. The van der Waals surface area contributed by atoms with Crippen molar-refractivity contribution in [1.29, 1.82) is 0 Å². The summed E-state index contributed by atoms with van der Waals surface area (Å²) in [6, 6.07) is 0. The van der Waals surface area contributed by atoms with E-state index < -0.39 is 6.09 Å². The minimum atomic E-state index is -0.597. The zero-order valence-electron chi connectivity index (χ0n) is 36.5. The number of unbranched alkanes of at least 4 members (excludes halogenated alkanes) is 26. The number of hydrogen-bond donors (Lipinski definition) is 0. The predicted octanol–water partition coefficient (Wildman–Crippen LogP) is 15.9. The van der Waals surface area contributed by atoms with E-state index >= 15 is 0 Å². The molecule has 0 N–H and O–H groups in total. The molecule has 0 aromatic carbocycles. The normalized spacial score (nSPS) is 12.7. The molecule has 6 nitrogen and oxygen atoms in total. The van der Waals surface area contributed by atoms with Crippen molar-refractivity contribution >= 4 is 23.1 Å². The summed E-state index contributed by atoms with van der Waals surface area (Å²) in [7, 11) is 4.02. The third-order valence-electron chi connectivity index (χ3n) is 10.6. The van der Waals surface area contributed by atoms with Crippen molar-refractivity contribution in [2.45, 2.75) is 258 Å². The van der Waals surface area contributed by atoms with Crippen molar-refractivity contribution in [3.05, 3.63) is 0 Å². The lowest BCUT2D eigenvalue weighted by Crippen LogP contribution is -2.40. The average molecular weight is 769 g/mol. The van der Waals surface area contributed by atoms with E-state index in [1.165, 1.54) is 179 Å². The first-order valence-corrected chi connectivity index (χ1v) is 24.4. The lowest BCUT2D eigenvalue weighted by molar-refractivity contribution is -0.145. The van der Waals surface area contributed by atoms with Gasteiger partial charge in [-0.05, 0) is 52.6 Å². The first-order valence-electron chi connectivity index (χ1n) is 23.4. The topological polar surface area (TPSA) is 59.1 Å². The van der Waals surface area contributed by atoms with Gasteiger partial charge in [0.25, 0.3) is 0 Å². The molecule has 0 saturated heterocycles. The summed E-state index contributed by atoms with van der Waals surface area (Å²) in [5.74, 6) is 0.610. The molecule has 0 aromatic rings. The Labute approximate surface area is 335 Å². The third kappa shape index (κ3) is 35.4. The van der Waals surface area contributed by atoms with Crippen LogP contribution in [0.1, 0.15) is 246 Å². The van der Waals surface area contributed by atoms with Crippen molar-refractivity contribution in [2.75, 3.05) is 26.4 Å². The Morgan fingerprint density at radius 1 is 0.453 bits per heavy atom. The molecule has 7 heteroatoms. The maximum absolute atomic E-state index is 14.0. The number of rotatable bonds is 40. The SMILES string of the molecule is CCCCCCCCCCC(CCCCCCCCC)OC(=O)N(OC(CCCCCCCCC)CCCCCCCCCC)C(=O)SCCN(C)C. The maximum atomic E-state index is 14.0. The number of ether oxygens (including phenoxy) is 1. The summed E-state index contributed by atoms with van der Waals surface area (Å²) in [5.41, 5.74) is 0. The van der Waals surface area contributed by atoms with E-state index in [0.29, 0.717) is 5.75 Å². The number of amides is 2. The Hall–Kier alpha value is -0.790. The molecule has 0 heterocycles. The van der Waals surface area contributed by atoms with Crippen LogP contribution in [0, 0.1) is 0 Å². The highest BCUT2D eigenvalue weighted by atomic mass is 32.2. The van der Waals surface area contributed by atoms with E-state index in [4.69, 9.17) is 9.57 Å². The standard InChI is InChI=1S/C46H92N2O4S/c1-7-11-15-19-23-27-30-34-38-43(37-33-29-25-21-17-13-9-3)51-45(49)48(46(50)53-42-41-47(5)6)52-44(39-35-31-26-22-18-14-10-4)40-36-32-28-24-20-16-12-8-2/h43-44H,7-42H2,1-6H3. The van der Waals surface area contributed by atoms with Crippen molar-refractivity contribution in [1.82, 2.24) is 9.96 Å². The molecule has 2 atom stereocenters. The van der Waals surface area contributed by atoms with Crippen LogP contribution >= 0.6 is 11.8 Å². The van der Waals surface area contributed by atoms with Crippen molar-refractivity contribution in [2.24, 2.45) is 0 Å². The van der Waals surface area contributed by atoms with Crippen LogP contribution in [0.5, 0.6) is 0 Å². The Bertz CT molecular complexity index is 783. The van der Waals surface area contributed by atoms with E-state index in [-0.39, 0.29) is 17.4 Å². The van der Waals surface area contributed by atoms with Gasteiger partial charge in [-0.3, -0.25) is 9.63 Å². The molecule has 53 heavy (non-hydrogen) atoms. The Balaban J connectivity index is 5.60. The summed E-state index contributed by atoms with van der Waals surface area (Å²) in [6.07, 6.45) is 40.0. The third-order valence-corrected chi connectivity index (χ3v) is 11.4. The number of carbonyl (C=O) groups is 2. The number of hydroxylamine groups is 2. The zero-order chi connectivity index (χ0) is 39.0. The number of imide groups is 1. The maximum Gasteiger partial charge on any atom is 0.442 e. The van der Waals surface area contributed by atoms with Gasteiger partial charge < -0.3 is 9.64 Å². The summed E-state index contributed by atoms with van der Waals surface area (Å²) in [6.45, 7) is 9.82. The molecule has 0 rings (SSSR count). The van der Waals surface area contributed by atoms with Gasteiger partial charge in [0.2, 0.25) is 0 Å². The second-order valence-corrected chi connectivity index (χ2v) is 17.3. The number of hydrogen-bond acceptors (Lipinski definition) is 6. The van der Waals surface area contributed by atoms with Crippen molar-refractivity contribution < 1.29 is 19.2 Å². The van der Waals surface area contributed by atoms with Gasteiger partial charge in [0, 0.05) is 12.3 Å². The summed E-state index contributed by atoms with van der Waals surface area (Å²) >= 11 is 1.17. The quantitative estimate of drug-likeness (QED) is 0.0457. The van der Waals surface area contributed by atoms with E-state index in [9.17, 15) is 9.59 Å². The van der Waals surface area contributed by atoms with Crippen LogP contribution in [0.15, 0.2) is 0 Å². The van der Waals surface area contributed by atoms with Gasteiger partial charge in [0.15, 0.2) is 0 Å². The van der Waals surface area contributed by atoms with Crippen LogP contribution < -0.4 is 0 Å². The van der Waals surface area contributed by atoms with Gasteiger partial charge in [-0.25, -0.2) is 4.79 Å². The highest BCUT2D eigenvalue weighted by Gasteiger charge is 2.30. The molecule has 2 unspecified atom stereocenters. The molecule has 0 aliphatic rings. The molecular weight excluding hydrogens is 677 g/mol. The molecule has 0 fully saturated rings. The van der Waals surface area contributed by atoms with Gasteiger partial charge in [-0.1, -0.05) is 219 Å². The fourth-order valence-electron chi connectivity index (χ4n) is 7.06. The largest absolute Gasteiger partial charge is 0.444 e. The molecule has 0 aliphatic carbocycles. The smallest absolute Gasteiger partial charge is 0.442 e. The monoisotopic (exact) mass is 769 g/mol. The number of nitrogens with zero attached hydrogens (tertiary/aromatic N) is 2. The van der Waals surface area contributed by atoms with Gasteiger partial charge in [0.1, 0.15) is 6.10 Å². The van der Waals surface area contributed by atoms with Crippen molar-refractivity contribution in [3.8, 4) is 0 Å². The van der Waals surface area contributed by atoms with Crippen LogP contribution in [-0.4, -0.2) is 59.9 Å². The van der Waals surface area contributed by atoms with Gasteiger partial charge in [0.05, 0.1) is 6.10 Å². The highest BCUT2D eigenvalue weighted by Crippen LogP contribution is 2.24. The van der Waals surface area contributed by atoms with Crippen LogP contribution in [0.2, 0.25) is 0 Å². The van der Waals surface area contributed by atoms with Gasteiger partial charge >= 0.3 is 11.3 Å². The Morgan fingerprint density at radius 2 is 0.755 bits per heavy atom. The molecule has 0 bridgehead atoms. The van der Waals surface area contributed by atoms with Crippen molar-refractivity contribution in [3.63, 3.8) is 0 Å². The molecule has 0 aromatic heterocycles. The number of thioether (sulfide) groups is 1. The molecule has 316 valence electrons. The summed E-state index contributed by atoms with van der Waals surface area (Å²) in [4.78, 5) is 36.2. The van der Waals surface area contributed by atoms with E-state index in [1.54, 1.807) is 0 Å². The minimum absolute atomic E-state index is 0.147. The van der Waals surface area contributed by atoms with Crippen LogP contribution in [0.3, 0.4) is 0 Å².